The van der Waals surface area contributed by atoms with Crippen LogP contribution in [0.2, 0.25) is 0 Å². The number of rotatable bonds is 9. The normalized spacial score (nSPS) is 10.6. The summed E-state index contributed by atoms with van der Waals surface area (Å²) in [6.45, 7) is -3.45. The summed E-state index contributed by atoms with van der Waals surface area (Å²) in [6.07, 6.45) is 0. The molecule has 0 aliphatic rings. The summed E-state index contributed by atoms with van der Waals surface area (Å²) in [5.74, 6) is 0.911. The molecule has 0 aromatic heterocycles. The SMILES string of the molecule is O=Nc1ccc(OP(=S)(Oc2ccc(N=O)cc2)Oc2ccc(N=O)cc2)cc1. The first-order valence-electron chi connectivity index (χ1n) is 8.03. The Morgan fingerprint density at radius 1 is 0.517 bits per heavy atom. The van der Waals surface area contributed by atoms with Crippen molar-refractivity contribution in [3.8, 4) is 17.2 Å². The third-order valence-electron chi connectivity index (χ3n) is 3.48. The molecule has 0 saturated carbocycles. The van der Waals surface area contributed by atoms with E-state index in [0.29, 0.717) is 17.2 Å². The Kier molecular flexibility index (Phi) is 6.38. The van der Waals surface area contributed by atoms with Crippen molar-refractivity contribution in [2.75, 3.05) is 0 Å². The number of nitroso groups, excluding NO2 is 3. The van der Waals surface area contributed by atoms with Gasteiger partial charge in [-0.1, -0.05) is 0 Å². The number of hydrogen-bond acceptors (Lipinski definition) is 10. The maximum Gasteiger partial charge on any atom is 0.490 e. The molecular weight excluding hydrogens is 417 g/mol. The van der Waals surface area contributed by atoms with Gasteiger partial charge in [-0.05, 0) is 88.3 Å². The van der Waals surface area contributed by atoms with Crippen LogP contribution in [0.1, 0.15) is 0 Å². The molecule has 0 aliphatic heterocycles. The maximum atomic E-state index is 10.6. The highest BCUT2D eigenvalue weighted by Gasteiger charge is 2.27. The Labute approximate surface area is 169 Å². The van der Waals surface area contributed by atoms with Crippen LogP contribution >= 0.6 is 6.72 Å². The van der Waals surface area contributed by atoms with Crippen molar-refractivity contribution in [3.05, 3.63) is 87.5 Å². The van der Waals surface area contributed by atoms with E-state index in [1.165, 1.54) is 72.8 Å². The van der Waals surface area contributed by atoms with Gasteiger partial charge in [0.15, 0.2) is 0 Å². The lowest BCUT2D eigenvalue weighted by molar-refractivity contribution is 0.384. The molecule has 0 atom stereocenters. The first-order chi connectivity index (χ1) is 14.0. The molecule has 0 heterocycles. The molecule has 0 amide bonds. The predicted molar refractivity (Wildman–Crippen MR) is 112 cm³/mol. The zero-order valence-corrected chi connectivity index (χ0v) is 16.3. The van der Waals surface area contributed by atoms with E-state index in [-0.39, 0.29) is 17.1 Å². The van der Waals surface area contributed by atoms with Gasteiger partial charge in [0, 0.05) is 11.8 Å². The predicted octanol–water partition coefficient (Wildman–Crippen LogP) is 6.64. The zero-order chi connectivity index (χ0) is 20.7. The molecule has 146 valence electrons. The van der Waals surface area contributed by atoms with Crippen molar-refractivity contribution < 1.29 is 13.6 Å². The topological polar surface area (TPSA) is 116 Å². The standard InChI is InChI=1S/C18H12N3O6PS/c22-19-13-1-7-16(8-2-13)25-28(29,26-17-9-3-14(20-23)4-10-17)27-18-11-5-15(21-24)6-12-18/h1-12H. The summed E-state index contributed by atoms with van der Waals surface area (Å²) >= 11 is 5.52. The number of benzene rings is 3. The minimum Gasteiger partial charge on any atom is -0.407 e. The van der Waals surface area contributed by atoms with Gasteiger partial charge in [-0.25, -0.2) is 0 Å². The van der Waals surface area contributed by atoms with E-state index in [1.807, 2.05) is 0 Å². The molecule has 0 saturated heterocycles. The van der Waals surface area contributed by atoms with Crippen molar-refractivity contribution in [3.63, 3.8) is 0 Å². The zero-order valence-electron chi connectivity index (χ0n) is 14.6. The van der Waals surface area contributed by atoms with Gasteiger partial charge in [0.1, 0.15) is 34.3 Å². The average molecular weight is 429 g/mol. The quantitative estimate of drug-likeness (QED) is 0.276. The summed E-state index contributed by atoms with van der Waals surface area (Å²) < 4.78 is 17.4. The molecule has 11 heteroatoms. The van der Waals surface area contributed by atoms with Crippen LogP contribution in [0.3, 0.4) is 0 Å². The third kappa shape index (κ3) is 5.50. The van der Waals surface area contributed by atoms with Gasteiger partial charge < -0.3 is 13.6 Å². The Hall–Kier alpha value is -3.49. The summed E-state index contributed by atoms with van der Waals surface area (Å²) in [6, 6.07) is 17.8. The monoisotopic (exact) mass is 429 g/mol. The van der Waals surface area contributed by atoms with E-state index in [0.717, 1.165) is 0 Å². The Morgan fingerprint density at radius 3 is 0.966 bits per heavy atom. The van der Waals surface area contributed by atoms with E-state index in [1.54, 1.807) is 0 Å². The largest absolute Gasteiger partial charge is 0.490 e. The van der Waals surface area contributed by atoms with Crippen molar-refractivity contribution in [2.24, 2.45) is 15.5 Å². The molecule has 29 heavy (non-hydrogen) atoms. The van der Waals surface area contributed by atoms with E-state index in [4.69, 9.17) is 25.4 Å². The first kappa shape index (κ1) is 20.2. The fourth-order valence-electron chi connectivity index (χ4n) is 2.15. The second kappa shape index (κ2) is 9.13. The van der Waals surface area contributed by atoms with Gasteiger partial charge in [0.2, 0.25) is 0 Å². The Balaban J connectivity index is 1.88. The van der Waals surface area contributed by atoms with Crippen LogP contribution in [0.25, 0.3) is 0 Å². The van der Waals surface area contributed by atoms with Crippen LogP contribution in [0.4, 0.5) is 17.1 Å². The lowest BCUT2D eigenvalue weighted by Gasteiger charge is -2.23. The maximum absolute atomic E-state index is 10.6. The van der Waals surface area contributed by atoms with Crippen LogP contribution in [-0.2, 0) is 11.8 Å². The number of hydrogen-bond donors (Lipinski definition) is 0. The Morgan fingerprint density at radius 2 is 0.759 bits per heavy atom. The van der Waals surface area contributed by atoms with E-state index >= 15 is 0 Å². The molecule has 0 unspecified atom stereocenters. The fraction of sp³-hybridized carbons (Fsp3) is 0. The third-order valence-corrected chi connectivity index (χ3v) is 5.45. The molecule has 3 aromatic rings. The molecular formula is C18H12N3O6PS. The van der Waals surface area contributed by atoms with Crippen LogP contribution in [0.5, 0.6) is 17.2 Å². The van der Waals surface area contributed by atoms with Crippen molar-refractivity contribution in [1.82, 2.24) is 0 Å². The lowest BCUT2D eigenvalue weighted by Crippen LogP contribution is -2.07. The first-order valence-corrected chi connectivity index (χ1v) is 10.6. The van der Waals surface area contributed by atoms with E-state index < -0.39 is 6.72 Å². The molecule has 9 nitrogen and oxygen atoms in total. The molecule has 0 aliphatic carbocycles. The molecule has 0 spiro atoms. The summed E-state index contributed by atoms with van der Waals surface area (Å²) in [5.41, 5.74) is 0.671. The van der Waals surface area contributed by atoms with Gasteiger partial charge in [-0.2, -0.15) is 0 Å². The van der Waals surface area contributed by atoms with Crippen LogP contribution < -0.4 is 13.6 Å². The molecule has 0 N–H and O–H groups in total. The van der Waals surface area contributed by atoms with E-state index in [9.17, 15) is 14.7 Å². The van der Waals surface area contributed by atoms with E-state index in [2.05, 4.69) is 15.5 Å². The van der Waals surface area contributed by atoms with Crippen molar-refractivity contribution >= 4 is 35.6 Å². The molecule has 0 radical (unpaired) electrons. The highest BCUT2D eigenvalue weighted by atomic mass is 32.5. The van der Waals surface area contributed by atoms with Crippen LogP contribution in [0, 0.1) is 14.7 Å². The fourth-order valence-corrected chi connectivity index (χ4v) is 4.17. The van der Waals surface area contributed by atoms with Gasteiger partial charge in [0.05, 0.1) is 0 Å². The molecule has 0 bridgehead atoms. The lowest BCUT2D eigenvalue weighted by atomic mass is 10.3. The average Bonchev–Trinajstić information content (AvgIpc) is 2.75. The van der Waals surface area contributed by atoms with Gasteiger partial charge in [0.25, 0.3) is 0 Å². The van der Waals surface area contributed by atoms with Gasteiger partial charge >= 0.3 is 6.72 Å². The summed E-state index contributed by atoms with van der Waals surface area (Å²) in [5, 5.41) is 8.47. The summed E-state index contributed by atoms with van der Waals surface area (Å²) in [4.78, 5) is 31.7. The van der Waals surface area contributed by atoms with Crippen molar-refractivity contribution in [1.29, 1.82) is 0 Å². The highest BCUT2D eigenvalue weighted by molar-refractivity contribution is 8.08. The summed E-state index contributed by atoms with van der Waals surface area (Å²) in [7, 11) is 0. The second-order valence-electron chi connectivity index (χ2n) is 5.48. The molecule has 0 fully saturated rings. The number of nitrogens with zero attached hydrogens (tertiary/aromatic N) is 3. The van der Waals surface area contributed by atoms with Crippen LogP contribution in [-0.4, -0.2) is 0 Å². The van der Waals surface area contributed by atoms with Gasteiger partial charge in [-0.3, -0.25) is 0 Å². The van der Waals surface area contributed by atoms with Gasteiger partial charge in [-0.15, -0.1) is 14.7 Å². The minimum atomic E-state index is -3.45. The molecule has 3 rings (SSSR count). The minimum absolute atomic E-state index is 0.224. The Bertz CT molecular complexity index is 922. The second-order valence-corrected chi connectivity index (χ2v) is 8.26. The highest BCUT2D eigenvalue weighted by Crippen LogP contribution is 2.50. The molecule has 3 aromatic carbocycles. The van der Waals surface area contributed by atoms with Crippen molar-refractivity contribution in [2.45, 2.75) is 0 Å². The van der Waals surface area contributed by atoms with Crippen LogP contribution in [0.15, 0.2) is 88.3 Å². The smallest absolute Gasteiger partial charge is 0.407 e.